The number of hydrogen-bond acceptors (Lipinski definition) is 3. The highest BCUT2D eigenvalue weighted by Gasteiger charge is 2.22. The summed E-state index contributed by atoms with van der Waals surface area (Å²) in [5.74, 6) is -0.140. The van der Waals surface area contributed by atoms with E-state index in [4.69, 9.17) is 11.6 Å². The Bertz CT molecular complexity index is 397. The molecule has 0 bridgehead atoms. The van der Waals surface area contributed by atoms with Crippen LogP contribution in [-0.4, -0.2) is 42.0 Å². The van der Waals surface area contributed by atoms with Crippen LogP contribution in [0.2, 0.25) is 5.15 Å². The molecule has 86 valence electrons. The zero-order chi connectivity index (χ0) is 11.5. The summed E-state index contributed by atoms with van der Waals surface area (Å²) >= 11 is 5.85. The number of likely N-dealkylation sites (N-methyl/N-ethyl adjacent to an activating group) is 1. The average Bonchev–Trinajstić information content (AvgIpc) is 2.64. The van der Waals surface area contributed by atoms with Gasteiger partial charge in [0.2, 0.25) is 0 Å². The van der Waals surface area contributed by atoms with Crippen LogP contribution in [0.25, 0.3) is 0 Å². The number of likely N-dealkylation sites (tertiary alicyclic amines) is 1. The first-order valence-electron chi connectivity index (χ1n) is 5.27. The lowest BCUT2D eigenvalue weighted by Gasteiger charge is -2.13. The third-order valence-corrected chi connectivity index (χ3v) is 3.03. The normalized spacial score (nSPS) is 21.0. The summed E-state index contributed by atoms with van der Waals surface area (Å²) in [5.41, 5.74) is 0.443. The predicted octanol–water partition coefficient (Wildman–Crippen LogP) is 1.17. The van der Waals surface area contributed by atoms with E-state index in [1.165, 1.54) is 0 Å². The number of carbonyl (C=O) groups excluding carboxylic acids is 1. The number of rotatable bonds is 2. The maximum atomic E-state index is 11.9. The SMILES string of the molecule is CN1CCC(NC(=O)c2cccnc2Cl)C1. The smallest absolute Gasteiger partial charge is 0.254 e. The summed E-state index contributed by atoms with van der Waals surface area (Å²) < 4.78 is 0. The largest absolute Gasteiger partial charge is 0.348 e. The van der Waals surface area contributed by atoms with Crippen LogP contribution in [-0.2, 0) is 0 Å². The molecule has 2 heterocycles. The molecule has 1 N–H and O–H groups in total. The molecular formula is C11H14ClN3O. The summed E-state index contributed by atoms with van der Waals surface area (Å²) in [6, 6.07) is 3.61. The second kappa shape index (κ2) is 4.80. The molecule has 16 heavy (non-hydrogen) atoms. The monoisotopic (exact) mass is 239 g/mol. The standard InChI is InChI=1S/C11H14ClN3O/c1-15-6-4-8(7-15)14-11(16)9-3-2-5-13-10(9)12/h2-3,5,8H,4,6-7H2,1H3,(H,14,16). The fourth-order valence-corrected chi connectivity index (χ4v) is 2.08. The molecule has 0 aromatic carbocycles. The number of nitrogens with one attached hydrogen (secondary N) is 1. The first kappa shape index (κ1) is 11.4. The topological polar surface area (TPSA) is 45.2 Å². The van der Waals surface area contributed by atoms with Crippen molar-refractivity contribution in [3.8, 4) is 0 Å². The van der Waals surface area contributed by atoms with Crippen molar-refractivity contribution >= 4 is 17.5 Å². The van der Waals surface area contributed by atoms with Crippen LogP contribution in [0.4, 0.5) is 0 Å². The summed E-state index contributed by atoms with van der Waals surface area (Å²) in [6.07, 6.45) is 2.56. The molecule has 1 aromatic rings. The number of nitrogens with zero attached hydrogens (tertiary/aromatic N) is 2. The van der Waals surface area contributed by atoms with Gasteiger partial charge in [-0.05, 0) is 32.1 Å². The van der Waals surface area contributed by atoms with Crippen molar-refractivity contribution < 1.29 is 4.79 Å². The zero-order valence-corrected chi connectivity index (χ0v) is 9.87. The first-order chi connectivity index (χ1) is 7.66. The van der Waals surface area contributed by atoms with Crippen molar-refractivity contribution in [3.05, 3.63) is 29.0 Å². The molecular weight excluding hydrogens is 226 g/mol. The molecule has 4 nitrogen and oxygen atoms in total. The van der Waals surface area contributed by atoms with Gasteiger partial charge in [-0.1, -0.05) is 11.6 Å². The van der Waals surface area contributed by atoms with E-state index in [9.17, 15) is 4.79 Å². The fourth-order valence-electron chi connectivity index (χ4n) is 1.87. The number of hydrogen-bond donors (Lipinski definition) is 1. The Kier molecular flexibility index (Phi) is 3.41. The molecule has 0 spiro atoms. The van der Waals surface area contributed by atoms with E-state index in [0.29, 0.717) is 5.56 Å². The Morgan fingerprint density at radius 2 is 2.50 bits per heavy atom. The van der Waals surface area contributed by atoms with Gasteiger partial charge < -0.3 is 10.2 Å². The van der Waals surface area contributed by atoms with Crippen LogP contribution in [0.1, 0.15) is 16.8 Å². The van der Waals surface area contributed by atoms with Gasteiger partial charge in [0, 0.05) is 18.8 Å². The maximum Gasteiger partial charge on any atom is 0.254 e. The van der Waals surface area contributed by atoms with E-state index in [1.807, 2.05) is 7.05 Å². The highest BCUT2D eigenvalue weighted by Crippen LogP contribution is 2.13. The summed E-state index contributed by atoms with van der Waals surface area (Å²) in [4.78, 5) is 17.9. The van der Waals surface area contributed by atoms with E-state index in [0.717, 1.165) is 19.5 Å². The van der Waals surface area contributed by atoms with E-state index >= 15 is 0 Å². The third kappa shape index (κ3) is 2.51. The maximum absolute atomic E-state index is 11.9. The number of amides is 1. The molecule has 0 radical (unpaired) electrons. The summed E-state index contributed by atoms with van der Waals surface area (Å²) in [7, 11) is 2.04. The lowest BCUT2D eigenvalue weighted by molar-refractivity contribution is 0.0938. The molecule has 0 aliphatic carbocycles. The minimum atomic E-state index is -0.140. The molecule has 1 atom stereocenters. The fraction of sp³-hybridized carbons (Fsp3) is 0.455. The number of pyridine rings is 1. The highest BCUT2D eigenvalue weighted by molar-refractivity contribution is 6.32. The van der Waals surface area contributed by atoms with E-state index in [2.05, 4.69) is 15.2 Å². The molecule has 0 saturated carbocycles. The molecule has 5 heteroatoms. The van der Waals surface area contributed by atoms with Crippen molar-refractivity contribution in [1.29, 1.82) is 0 Å². The second-order valence-electron chi connectivity index (χ2n) is 4.06. The summed E-state index contributed by atoms with van der Waals surface area (Å²) in [5, 5.41) is 3.22. The highest BCUT2D eigenvalue weighted by atomic mass is 35.5. The Hall–Kier alpha value is -1.13. The van der Waals surface area contributed by atoms with Gasteiger partial charge in [-0.15, -0.1) is 0 Å². The van der Waals surface area contributed by atoms with Crippen LogP contribution in [0.5, 0.6) is 0 Å². The van der Waals surface area contributed by atoms with Gasteiger partial charge in [0.15, 0.2) is 0 Å². The lowest BCUT2D eigenvalue weighted by atomic mass is 10.2. The molecule has 1 fully saturated rings. The quantitative estimate of drug-likeness (QED) is 0.788. The van der Waals surface area contributed by atoms with Crippen LogP contribution in [0, 0.1) is 0 Å². The minimum absolute atomic E-state index is 0.140. The van der Waals surface area contributed by atoms with Crippen LogP contribution in [0.15, 0.2) is 18.3 Å². The summed E-state index contributed by atoms with van der Waals surface area (Å²) in [6.45, 7) is 1.91. The third-order valence-electron chi connectivity index (χ3n) is 2.73. The second-order valence-corrected chi connectivity index (χ2v) is 4.42. The molecule has 1 amide bonds. The van der Waals surface area contributed by atoms with E-state index in [1.54, 1.807) is 18.3 Å². The van der Waals surface area contributed by atoms with Gasteiger partial charge in [-0.25, -0.2) is 4.98 Å². The van der Waals surface area contributed by atoms with Crippen LogP contribution in [0.3, 0.4) is 0 Å². The van der Waals surface area contributed by atoms with Crippen molar-refractivity contribution in [2.75, 3.05) is 20.1 Å². The van der Waals surface area contributed by atoms with Gasteiger partial charge in [-0.3, -0.25) is 4.79 Å². The predicted molar refractivity (Wildman–Crippen MR) is 62.6 cm³/mol. The Labute approximate surface area is 99.6 Å². The zero-order valence-electron chi connectivity index (χ0n) is 9.11. The van der Waals surface area contributed by atoms with Gasteiger partial charge >= 0.3 is 0 Å². The van der Waals surface area contributed by atoms with Crippen molar-refractivity contribution in [1.82, 2.24) is 15.2 Å². The molecule has 1 aliphatic heterocycles. The molecule has 1 aromatic heterocycles. The molecule has 1 unspecified atom stereocenters. The number of halogens is 1. The van der Waals surface area contributed by atoms with Gasteiger partial charge in [0.25, 0.3) is 5.91 Å². The van der Waals surface area contributed by atoms with Crippen molar-refractivity contribution in [3.63, 3.8) is 0 Å². The van der Waals surface area contributed by atoms with Gasteiger partial charge in [0.1, 0.15) is 5.15 Å². The van der Waals surface area contributed by atoms with Crippen molar-refractivity contribution in [2.24, 2.45) is 0 Å². The van der Waals surface area contributed by atoms with Crippen LogP contribution < -0.4 is 5.32 Å². The van der Waals surface area contributed by atoms with E-state index in [-0.39, 0.29) is 17.1 Å². The van der Waals surface area contributed by atoms with Gasteiger partial charge in [-0.2, -0.15) is 0 Å². The van der Waals surface area contributed by atoms with E-state index < -0.39 is 0 Å². The Morgan fingerprint density at radius 3 is 3.12 bits per heavy atom. The molecule has 2 rings (SSSR count). The van der Waals surface area contributed by atoms with Crippen LogP contribution >= 0.6 is 11.6 Å². The van der Waals surface area contributed by atoms with Crippen molar-refractivity contribution in [2.45, 2.75) is 12.5 Å². The number of carbonyl (C=O) groups is 1. The van der Waals surface area contributed by atoms with Gasteiger partial charge in [0.05, 0.1) is 5.56 Å². The first-order valence-corrected chi connectivity index (χ1v) is 5.64. The molecule has 1 aliphatic rings. The Morgan fingerprint density at radius 1 is 1.69 bits per heavy atom. The minimum Gasteiger partial charge on any atom is -0.348 e. The average molecular weight is 240 g/mol. The molecule has 1 saturated heterocycles. The lowest BCUT2D eigenvalue weighted by Crippen LogP contribution is -2.36. The Balaban J connectivity index is 2.01. The number of aromatic nitrogens is 1.